The van der Waals surface area contributed by atoms with E-state index in [1.54, 1.807) is 6.07 Å². The Balaban J connectivity index is 1.77. The molecule has 1 aromatic rings. The van der Waals surface area contributed by atoms with Crippen molar-refractivity contribution in [3.05, 3.63) is 27.1 Å². The molecule has 0 saturated heterocycles. The Morgan fingerprint density at radius 1 is 1.33 bits per heavy atom. The van der Waals surface area contributed by atoms with E-state index in [0.717, 1.165) is 17.3 Å². The normalized spacial score (nSPS) is 23.2. The van der Waals surface area contributed by atoms with Gasteiger partial charge in [-0.15, -0.1) is 0 Å². The van der Waals surface area contributed by atoms with E-state index in [9.17, 15) is 10.1 Å². The third kappa shape index (κ3) is 4.27. The van der Waals surface area contributed by atoms with Crippen LogP contribution in [0.5, 0.6) is 0 Å². The van der Waals surface area contributed by atoms with Crippen LogP contribution in [0.25, 0.3) is 0 Å². The van der Waals surface area contributed by atoms with Gasteiger partial charge in [0.2, 0.25) is 0 Å². The molecule has 1 N–H and O–H groups in total. The van der Waals surface area contributed by atoms with Crippen LogP contribution in [0, 0.1) is 21.4 Å². The monoisotopic (exact) mass is 310 g/mol. The predicted molar refractivity (Wildman–Crippen MR) is 87.6 cm³/mol. The molecule has 4 nitrogen and oxygen atoms in total. The number of nitro groups is 1. The van der Waals surface area contributed by atoms with Crippen LogP contribution in [-0.2, 0) is 6.54 Å². The molecule has 0 aromatic carbocycles. The standard InChI is InChI=1S/C16H26N2O2S/c1-4-16(2,3)12-5-7-13(8-6-12)17-11-14-9-10-15(21-14)18(19)20/h9-10,12-13,17H,4-8,11H2,1-3H3. The first-order valence-electron chi connectivity index (χ1n) is 7.89. The minimum Gasteiger partial charge on any atom is -0.309 e. The van der Waals surface area contributed by atoms with Gasteiger partial charge in [-0.1, -0.05) is 38.5 Å². The van der Waals surface area contributed by atoms with Crippen molar-refractivity contribution >= 4 is 16.3 Å². The molecule has 1 fully saturated rings. The van der Waals surface area contributed by atoms with Crippen molar-refractivity contribution in [2.24, 2.45) is 11.3 Å². The average Bonchev–Trinajstić information content (AvgIpc) is 2.95. The highest BCUT2D eigenvalue weighted by Gasteiger charge is 2.31. The predicted octanol–water partition coefficient (Wildman–Crippen LogP) is 4.74. The first-order chi connectivity index (χ1) is 9.92. The fourth-order valence-electron chi connectivity index (χ4n) is 3.17. The van der Waals surface area contributed by atoms with Gasteiger partial charge in [0.05, 0.1) is 4.92 Å². The Morgan fingerprint density at radius 3 is 2.52 bits per heavy atom. The molecule has 0 amide bonds. The number of hydrogen-bond donors (Lipinski definition) is 1. The summed E-state index contributed by atoms with van der Waals surface area (Å²) in [6.07, 6.45) is 6.28. The molecule has 0 atom stereocenters. The zero-order chi connectivity index (χ0) is 15.5. The summed E-state index contributed by atoms with van der Waals surface area (Å²) < 4.78 is 0. The molecule has 1 heterocycles. The largest absolute Gasteiger partial charge is 0.324 e. The van der Waals surface area contributed by atoms with E-state index in [1.807, 2.05) is 6.07 Å². The Kier molecular flexibility index (Phi) is 5.38. The smallest absolute Gasteiger partial charge is 0.309 e. The van der Waals surface area contributed by atoms with E-state index in [1.165, 1.54) is 43.4 Å². The van der Waals surface area contributed by atoms with Gasteiger partial charge in [0.25, 0.3) is 0 Å². The van der Waals surface area contributed by atoms with E-state index in [-0.39, 0.29) is 9.92 Å². The first kappa shape index (κ1) is 16.4. The average molecular weight is 310 g/mol. The maximum Gasteiger partial charge on any atom is 0.324 e. The highest BCUT2D eigenvalue weighted by molar-refractivity contribution is 7.15. The zero-order valence-electron chi connectivity index (χ0n) is 13.2. The molecule has 0 spiro atoms. The summed E-state index contributed by atoms with van der Waals surface area (Å²) in [6, 6.07) is 4.03. The molecule has 1 aliphatic rings. The van der Waals surface area contributed by atoms with Crippen molar-refractivity contribution in [3.63, 3.8) is 0 Å². The van der Waals surface area contributed by atoms with Crippen molar-refractivity contribution in [3.8, 4) is 0 Å². The van der Waals surface area contributed by atoms with Crippen LogP contribution in [0.2, 0.25) is 0 Å². The highest BCUT2D eigenvalue weighted by atomic mass is 32.1. The van der Waals surface area contributed by atoms with E-state index in [4.69, 9.17) is 0 Å². The van der Waals surface area contributed by atoms with Crippen LogP contribution < -0.4 is 5.32 Å². The van der Waals surface area contributed by atoms with E-state index < -0.39 is 0 Å². The van der Waals surface area contributed by atoms with Crippen molar-refractivity contribution in [2.75, 3.05) is 0 Å². The quantitative estimate of drug-likeness (QED) is 0.610. The van der Waals surface area contributed by atoms with Crippen LogP contribution in [0.1, 0.15) is 57.8 Å². The molecule has 118 valence electrons. The van der Waals surface area contributed by atoms with Gasteiger partial charge in [-0.3, -0.25) is 10.1 Å². The summed E-state index contributed by atoms with van der Waals surface area (Å²) in [5.74, 6) is 0.836. The molecule has 5 heteroatoms. The molecule has 1 aliphatic carbocycles. The molecule has 0 aliphatic heterocycles. The van der Waals surface area contributed by atoms with Gasteiger partial charge in [-0.25, -0.2) is 0 Å². The molecule has 2 rings (SSSR count). The lowest BCUT2D eigenvalue weighted by Gasteiger charge is -2.39. The third-order valence-electron chi connectivity index (χ3n) is 5.14. The lowest BCUT2D eigenvalue weighted by atomic mass is 9.69. The van der Waals surface area contributed by atoms with Gasteiger partial charge in [-0.05, 0) is 43.1 Å². The van der Waals surface area contributed by atoms with Crippen molar-refractivity contribution in [1.29, 1.82) is 0 Å². The van der Waals surface area contributed by atoms with Gasteiger partial charge in [0.15, 0.2) is 0 Å². The van der Waals surface area contributed by atoms with Gasteiger partial charge >= 0.3 is 5.00 Å². The fraction of sp³-hybridized carbons (Fsp3) is 0.750. The maximum atomic E-state index is 10.7. The van der Waals surface area contributed by atoms with Gasteiger partial charge in [0, 0.05) is 23.5 Å². The van der Waals surface area contributed by atoms with E-state index >= 15 is 0 Å². The lowest BCUT2D eigenvalue weighted by molar-refractivity contribution is -0.380. The first-order valence-corrected chi connectivity index (χ1v) is 8.70. The van der Waals surface area contributed by atoms with Crippen LogP contribution >= 0.6 is 11.3 Å². The summed E-state index contributed by atoms with van der Waals surface area (Å²) in [7, 11) is 0. The van der Waals surface area contributed by atoms with Crippen molar-refractivity contribution in [1.82, 2.24) is 5.32 Å². The number of rotatable bonds is 6. The maximum absolute atomic E-state index is 10.7. The molecular formula is C16H26N2O2S. The van der Waals surface area contributed by atoms with Gasteiger partial charge < -0.3 is 5.32 Å². The zero-order valence-corrected chi connectivity index (χ0v) is 14.0. The third-order valence-corrected chi connectivity index (χ3v) is 6.17. The topological polar surface area (TPSA) is 55.2 Å². The van der Waals surface area contributed by atoms with Crippen molar-refractivity contribution < 1.29 is 4.92 Å². The molecule has 0 unspecified atom stereocenters. The second-order valence-electron chi connectivity index (χ2n) is 6.77. The van der Waals surface area contributed by atoms with Crippen LogP contribution in [-0.4, -0.2) is 11.0 Å². The minimum atomic E-state index is -0.313. The Bertz CT molecular complexity index is 476. The lowest BCUT2D eigenvalue weighted by Crippen LogP contribution is -2.36. The van der Waals surface area contributed by atoms with Crippen LogP contribution in [0.4, 0.5) is 5.00 Å². The van der Waals surface area contributed by atoms with E-state index in [2.05, 4.69) is 26.1 Å². The van der Waals surface area contributed by atoms with Crippen LogP contribution in [0.15, 0.2) is 12.1 Å². The summed E-state index contributed by atoms with van der Waals surface area (Å²) in [4.78, 5) is 11.4. The summed E-state index contributed by atoms with van der Waals surface area (Å²) >= 11 is 1.28. The fourth-order valence-corrected chi connectivity index (χ4v) is 3.94. The molecule has 0 bridgehead atoms. The second-order valence-corrected chi connectivity index (χ2v) is 7.92. The number of nitrogens with one attached hydrogen (secondary N) is 1. The molecule has 0 radical (unpaired) electrons. The van der Waals surface area contributed by atoms with Crippen molar-refractivity contribution in [2.45, 2.75) is 65.5 Å². The van der Waals surface area contributed by atoms with Gasteiger partial charge in [-0.2, -0.15) is 0 Å². The Morgan fingerprint density at radius 2 is 2.00 bits per heavy atom. The second kappa shape index (κ2) is 6.88. The highest BCUT2D eigenvalue weighted by Crippen LogP contribution is 2.40. The van der Waals surface area contributed by atoms with E-state index in [0.29, 0.717) is 11.5 Å². The number of thiophene rings is 1. The molecule has 21 heavy (non-hydrogen) atoms. The molecule has 1 saturated carbocycles. The van der Waals surface area contributed by atoms with Crippen LogP contribution in [0.3, 0.4) is 0 Å². The Hall–Kier alpha value is -0.940. The minimum absolute atomic E-state index is 0.236. The summed E-state index contributed by atoms with van der Waals surface area (Å²) in [5, 5.41) is 14.5. The summed E-state index contributed by atoms with van der Waals surface area (Å²) in [5.41, 5.74) is 0.458. The van der Waals surface area contributed by atoms with Gasteiger partial charge in [0.1, 0.15) is 0 Å². The number of nitrogens with zero attached hydrogens (tertiary/aromatic N) is 1. The SMILES string of the molecule is CCC(C)(C)C1CCC(NCc2ccc([N+](=O)[O-])s2)CC1. The summed E-state index contributed by atoms with van der Waals surface area (Å²) in [6.45, 7) is 7.81. The number of hydrogen-bond acceptors (Lipinski definition) is 4. The molecular weight excluding hydrogens is 284 g/mol. The molecule has 1 aromatic heterocycles. The Labute approximate surface area is 131 Å².